The van der Waals surface area contributed by atoms with Gasteiger partial charge in [-0.05, 0) is 36.6 Å². The van der Waals surface area contributed by atoms with Gasteiger partial charge in [0.15, 0.2) is 0 Å². The standard InChI is InChI=1S/C18H16N2O2/c21-17-16-12-8-9-13(10-12)19(16)18(22)20(17)15-7-3-5-11-4-1-2-6-14(11)15/h1-7,12-13,16H,8-10H2/t12-,13+,16+/m1/s1. The fourth-order valence-corrected chi connectivity index (χ4v) is 4.55. The summed E-state index contributed by atoms with van der Waals surface area (Å²) >= 11 is 0. The molecule has 0 spiro atoms. The van der Waals surface area contributed by atoms with Gasteiger partial charge >= 0.3 is 6.03 Å². The van der Waals surface area contributed by atoms with Crippen molar-refractivity contribution in [2.24, 2.45) is 5.92 Å². The molecule has 2 heterocycles. The molecule has 2 aliphatic heterocycles. The van der Waals surface area contributed by atoms with E-state index in [0.29, 0.717) is 5.92 Å². The number of rotatable bonds is 1. The molecular formula is C18H16N2O2. The van der Waals surface area contributed by atoms with Crippen LogP contribution in [-0.4, -0.2) is 28.9 Å². The summed E-state index contributed by atoms with van der Waals surface area (Å²) in [7, 11) is 0. The third-order valence-corrected chi connectivity index (χ3v) is 5.48. The van der Waals surface area contributed by atoms with Gasteiger partial charge in [-0.2, -0.15) is 0 Å². The summed E-state index contributed by atoms with van der Waals surface area (Å²) in [6.07, 6.45) is 3.13. The number of carbonyl (C=O) groups is 2. The molecule has 0 N–H and O–H groups in total. The minimum absolute atomic E-state index is 0.0337. The van der Waals surface area contributed by atoms with Gasteiger partial charge in [0.25, 0.3) is 5.91 Å². The Morgan fingerprint density at radius 2 is 1.77 bits per heavy atom. The van der Waals surface area contributed by atoms with Crippen molar-refractivity contribution in [1.82, 2.24) is 4.90 Å². The summed E-state index contributed by atoms with van der Waals surface area (Å²) in [5.74, 6) is 0.329. The summed E-state index contributed by atoms with van der Waals surface area (Å²) in [6, 6.07) is 13.6. The normalized spacial score (nSPS) is 29.7. The van der Waals surface area contributed by atoms with Crippen LogP contribution in [0.2, 0.25) is 0 Å². The molecule has 22 heavy (non-hydrogen) atoms. The maximum absolute atomic E-state index is 12.9. The highest BCUT2D eigenvalue weighted by Gasteiger charge is 2.59. The van der Waals surface area contributed by atoms with Gasteiger partial charge in [-0.15, -0.1) is 0 Å². The lowest BCUT2D eigenvalue weighted by molar-refractivity contribution is -0.120. The molecule has 3 atom stereocenters. The molecule has 2 saturated heterocycles. The lowest BCUT2D eigenvalue weighted by atomic mass is 9.99. The SMILES string of the molecule is O=C1[C@@H]2[C@@H]3CC[C@@H](C3)N2C(=O)N1c1cccc2ccccc12. The number of carbonyl (C=O) groups excluding carboxylic acids is 2. The van der Waals surface area contributed by atoms with Crippen LogP contribution < -0.4 is 4.90 Å². The van der Waals surface area contributed by atoms with Gasteiger partial charge in [0.2, 0.25) is 0 Å². The number of hydrogen-bond acceptors (Lipinski definition) is 2. The Kier molecular flexibility index (Phi) is 2.27. The van der Waals surface area contributed by atoms with E-state index in [1.54, 1.807) is 0 Å². The highest BCUT2D eigenvalue weighted by atomic mass is 16.2. The summed E-state index contributed by atoms with van der Waals surface area (Å²) in [6.45, 7) is 0. The van der Waals surface area contributed by atoms with Gasteiger partial charge in [0.05, 0.1) is 5.69 Å². The van der Waals surface area contributed by atoms with Crippen LogP contribution in [0.1, 0.15) is 19.3 Å². The minimum Gasteiger partial charge on any atom is -0.309 e. The molecule has 5 rings (SSSR count). The molecule has 0 radical (unpaired) electrons. The van der Waals surface area contributed by atoms with Crippen LogP contribution in [0.5, 0.6) is 0 Å². The van der Waals surface area contributed by atoms with E-state index < -0.39 is 0 Å². The second-order valence-electron chi connectivity index (χ2n) is 6.53. The van der Waals surface area contributed by atoms with Crippen LogP contribution in [0.3, 0.4) is 0 Å². The van der Waals surface area contributed by atoms with Crippen LogP contribution in [0.15, 0.2) is 42.5 Å². The molecule has 2 aromatic carbocycles. The number of anilines is 1. The molecule has 1 saturated carbocycles. The first-order valence-electron chi connectivity index (χ1n) is 7.90. The number of piperidine rings is 1. The molecule has 4 nitrogen and oxygen atoms in total. The van der Waals surface area contributed by atoms with Crippen LogP contribution in [0.25, 0.3) is 10.8 Å². The van der Waals surface area contributed by atoms with Gasteiger partial charge < -0.3 is 4.90 Å². The fourth-order valence-electron chi connectivity index (χ4n) is 4.55. The number of amides is 3. The van der Waals surface area contributed by atoms with E-state index in [1.165, 1.54) is 4.90 Å². The number of nitrogens with zero attached hydrogens (tertiary/aromatic N) is 2. The second kappa shape index (κ2) is 4.09. The average Bonchev–Trinajstić information content (AvgIpc) is 3.21. The summed E-state index contributed by atoms with van der Waals surface area (Å²) in [4.78, 5) is 29.0. The van der Waals surface area contributed by atoms with Gasteiger partial charge in [0, 0.05) is 11.4 Å². The number of hydrogen-bond donors (Lipinski definition) is 0. The zero-order valence-corrected chi connectivity index (χ0v) is 12.1. The molecule has 2 aromatic rings. The van der Waals surface area contributed by atoms with E-state index in [1.807, 2.05) is 47.4 Å². The van der Waals surface area contributed by atoms with Crippen molar-refractivity contribution in [3.63, 3.8) is 0 Å². The largest absolute Gasteiger partial charge is 0.332 e. The van der Waals surface area contributed by atoms with Gasteiger partial charge in [0.1, 0.15) is 6.04 Å². The van der Waals surface area contributed by atoms with E-state index >= 15 is 0 Å². The predicted molar refractivity (Wildman–Crippen MR) is 83.6 cm³/mol. The van der Waals surface area contributed by atoms with Crippen molar-refractivity contribution in [1.29, 1.82) is 0 Å². The second-order valence-corrected chi connectivity index (χ2v) is 6.53. The first-order chi connectivity index (χ1) is 10.8. The zero-order chi connectivity index (χ0) is 14.8. The molecule has 2 bridgehead atoms. The summed E-state index contributed by atoms with van der Waals surface area (Å²) in [5, 5.41) is 2.01. The summed E-state index contributed by atoms with van der Waals surface area (Å²) < 4.78 is 0. The highest BCUT2D eigenvalue weighted by Crippen LogP contribution is 2.47. The van der Waals surface area contributed by atoms with Crippen LogP contribution in [0, 0.1) is 5.92 Å². The van der Waals surface area contributed by atoms with E-state index in [0.717, 1.165) is 35.7 Å². The van der Waals surface area contributed by atoms with Crippen LogP contribution in [-0.2, 0) is 4.79 Å². The lowest BCUT2D eigenvalue weighted by Crippen LogP contribution is -2.40. The first-order valence-corrected chi connectivity index (χ1v) is 7.90. The minimum atomic E-state index is -0.217. The third kappa shape index (κ3) is 1.37. The Hall–Kier alpha value is -2.36. The molecule has 0 aromatic heterocycles. The topological polar surface area (TPSA) is 40.6 Å². The maximum Gasteiger partial charge on any atom is 0.332 e. The van der Waals surface area contributed by atoms with Crippen molar-refractivity contribution in [3.05, 3.63) is 42.5 Å². The van der Waals surface area contributed by atoms with Crippen molar-refractivity contribution < 1.29 is 9.59 Å². The van der Waals surface area contributed by atoms with Crippen molar-refractivity contribution >= 4 is 28.4 Å². The van der Waals surface area contributed by atoms with Gasteiger partial charge in [-0.25, -0.2) is 9.69 Å². The van der Waals surface area contributed by atoms with Crippen LogP contribution in [0.4, 0.5) is 10.5 Å². The molecule has 0 unspecified atom stereocenters. The first kappa shape index (κ1) is 12.2. The van der Waals surface area contributed by atoms with E-state index in [4.69, 9.17) is 0 Å². The van der Waals surface area contributed by atoms with E-state index in [9.17, 15) is 9.59 Å². The molecule has 110 valence electrons. The number of urea groups is 1. The lowest BCUT2D eigenvalue weighted by Gasteiger charge is -2.25. The van der Waals surface area contributed by atoms with Gasteiger partial charge in [-0.1, -0.05) is 36.4 Å². The van der Waals surface area contributed by atoms with Crippen molar-refractivity contribution in [2.45, 2.75) is 31.3 Å². The van der Waals surface area contributed by atoms with E-state index in [2.05, 4.69) is 0 Å². The number of fused-ring (bicyclic) bond motifs is 6. The van der Waals surface area contributed by atoms with Gasteiger partial charge in [-0.3, -0.25) is 4.79 Å². The van der Waals surface area contributed by atoms with E-state index in [-0.39, 0.29) is 24.0 Å². The molecule has 3 fully saturated rings. The van der Waals surface area contributed by atoms with Crippen LogP contribution >= 0.6 is 0 Å². The molecular weight excluding hydrogens is 276 g/mol. The fraction of sp³-hybridized carbons (Fsp3) is 0.333. The van der Waals surface area contributed by atoms with Crippen molar-refractivity contribution in [2.75, 3.05) is 4.90 Å². The Labute approximate surface area is 128 Å². The zero-order valence-electron chi connectivity index (χ0n) is 12.1. The quantitative estimate of drug-likeness (QED) is 0.758. The monoisotopic (exact) mass is 292 g/mol. The number of benzene rings is 2. The highest BCUT2D eigenvalue weighted by molar-refractivity contribution is 6.24. The predicted octanol–water partition coefficient (Wildman–Crippen LogP) is 3.16. The smallest absolute Gasteiger partial charge is 0.309 e. The maximum atomic E-state index is 12.9. The Balaban J connectivity index is 1.66. The Morgan fingerprint density at radius 1 is 0.955 bits per heavy atom. The Morgan fingerprint density at radius 3 is 2.64 bits per heavy atom. The molecule has 1 aliphatic carbocycles. The number of imide groups is 1. The third-order valence-electron chi connectivity index (χ3n) is 5.48. The average molecular weight is 292 g/mol. The molecule has 3 amide bonds. The summed E-state index contributed by atoms with van der Waals surface area (Å²) in [5.41, 5.74) is 0.724. The Bertz CT molecular complexity index is 782. The molecule has 4 heteroatoms. The molecule has 3 aliphatic rings. The van der Waals surface area contributed by atoms with Crippen molar-refractivity contribution in [3.8, 4) is 0 Å².